The summed E-state index contributed by atoms with van der Waals surface area (Å²) in [4.78, 5) is 12.6. The Kier molecular flexibility index (Phi) is 6.97. The van der Waals surface area contributed by atoms with E-state index in [1.54, 1.807) is 42.5 Å². The molecular weight excluding hydrogens is 411 g/mol. The number of hydrogen-bond acceptors (Lipinski definition) is 4. The van der Waals surface area contributed by atoms with E-state index in [9.17, 15) is 13.2 Å². The lowest BCUT2D eigenvalue weighted by Gasteiger charge is -2.28. The number of ether oxygens (including phenoxy) is 1. The molecule has 146 valence electrons. The quantitative estimate of drug-likeness (QED) is 0.729. The van der Waals surface area contributed by atoms with E-state index in [-0.39, 0.29) is 6.54 Å². The van der Waals surface area contributed by atoms with Crippen LogP contribution in [0.25, 0.3) is 0 Å². The molecule has 0 heterocycles. The molecular formula is C18H20Cl2N2O4S. The van der Waals surface area contributed by atoms with Gasteiger partial charge in [-0.25, -0.2) is 8.42 Å². The third kappa shape index (κ3) is 5.51. The van der Waals surface area contributed by atoms with Crippen LogP contribution in [-0.2, 0) is 21.4 Å². The number of amides is 1. The molecule has 0 radical (unpaired) electrons. The van der Waals surface area contributed by atoms with Crippen molar-refractivity contribution in [2.45, 2.75) is 19.5 Å². The Morgan fingerprint density at radius 1 is 1.19 bits per heavy atom. The molecule has 0 bridgehead atoms. The molecule has 0 unspecified atom stereocenters. The molecule has 1 atom stereocenters. The first kappa shape index (κ1) is 21.3. The number of nitrogens with zero attached hydrogens (tertiary/aromatic N) is 1. The summed E-state index contributed by atoms with van der Waals surface area (Å²) in [6, 6.07) is 10.4. The highest BCUT2D eigenvalue weighted by Gasteiger charge is 2.29. The van der Waals surface area contributed by atoms with Gasteiger partial charge < -0.3 is 10.1 Å². The Balaban J connectivity index is 2.18. The van der Waals surface area contributed by atoms with Crippen molar-refractivity contribution in [2.24, 2.45) is 0 Å². The first-order chi connectivity index (χ1) is 12.6. The number of nitrogens with one attached hydrogen (secondary N) is 1. The van der Waals surface area contributed by atoms with Crippen LogP contribution < -0.4 is 14.4 Å². The second-order valence-corrected chi connectivity index (χ2v) is 8.59. The number of carbonyl (C=O) groups excluding carboxylic acids is 1. The molecule has 0 spiro atoms. The van der Waals surface area contributed by atoms with Gasteiger partial charge in [-0.15, -0.1) is 0 Å². The summed E-state index contributed by atoms with van der Waals surface area (Å²) in [5.74, 6) is 0.129. The van der Waals surface area contributed by atoms with Gasteiger partial charge in [0.2, 0.25) is 15.9 Å². The van der Waals surface area contributed by atoms with Crippen molar-refractivity contribution in [3.8, 4) is 5.75 Å². The summed E-state index contributed by atoms with van der Waals surface area (Å²) >= 11 is 12.0. The number of benzene rings is 2. The van der Waals surface area contributed by atoms with Gasteiger partial charge in [0, 0.05) is 16.6 Å². The molecule has 2 aromatic rings. The fourth-order valence-corrected chi connectivity index (χ4v) is 4.18. The SMILES string of the molecule is COc1ccc(N([C@@H](C)C(=O)NCc2ccc(Cl)cc2Cl)S(C)(=O)=O)cc1. The largest absolute Gasteiger partial charge is 0.497 e. The normalized spacial score (nSPS) is 12.3. The van der Waals surface area contributed by atoms with Crippen LogP contribution in [0.3, 0.4) is 0 Å². The van der Waals surface area contributed by atoms with E-state index in [2.05, 4.69) is 5.32 Å². The van der Waals surface area contributed by atoms with E-state index in [4.69, 9.17) is 27.9 Å². The Morgan fingerprint density at radius 3 is 2.33 bits per heavy atom. The van der Waals surface area contributed by atoms with E-state index in [1.807, 2.05) is 0 Å². The highest BCUT2D eigenvalue weighted by Crippen LogP contribution is 2.24. The van der Waals surface area contributed by atoms with Crippen LogP contribution in [0, 0.1) is 0 Å². The van der Waals surface area contributed by atoms with Crippen molar-refractivity contribution in [2.75, 3.05) is 17.7 Å². The van der Waals surface area contributed by atoms with Crippen molar-refractivity contribution < 1.29 is 17.9 Å². The minimum absolute atomic E-state index is 0.152. The lowest BCUT2D eigenvalue weighted by Crippen LogP contribution is -2.47. The summed E-state index contributed by atoms with van der Waals surface area (Å²) in [6.45, 7) is 1.67. The van der Waals surface area contributed by atoms with E-state index < -0.39 is 22.0 Å². The number of carbonyl (C=O) groups is 1. The van der Waals surface area contributed by atoms with Crippen LogP contribution >= 0.6 is 23.2 Å². The summed E-state index contributed by atoms with van der Waals surface area (Å²) in [5, 5.41) is 3.62. The number of halogens is 2. The van der Waals surface area contributed by atoms with Crippen LogP contribution in [0.1, 0.15) is 12.5 Å². The van der Waals surface area contributed by atoms with Gasteiger partial charge in [-0.3, -0.25) is 9.10 Å². The van der Waals surface area contributed by atoms with Crippen LogP contribution in [0.5, 0.6) is 5.75 Å². The molecule has 2 aromatic carbocycles. The zero-order chi connectivity index (χ0) is 20.2. The van der Waals surface area contributed by atoms with Crippen molar-refractivity contribution in [1.29, 1.82) is 0 Å². The standard InChI is InChI=1S/C18H20Cl2N2O4S/c1-12(18(23)21-11-13-4-5-14(19)10-17(13)20)22(27(3,24)25)15-6-8-16(26-2)9-7-15/h4-10,12H,11H2,1-3H3,(H,21,23)/t12-/m0/s1. The zero-order valence-electron chi connectivity index (χ0n) is 15.1. The van der Waals surface area contributed by atoms with Crippen molar-refractivity contribution in [3.05, 3.63) is 58.1 Å². The second kappa shape index (κ2) is 8.82. The smallest absolute Gasteiger partial charge is 0.243 e. The Bertz CT molecular complexity index is 917. The van der Waals surface area contributed by atoms with E-state index >= 15 is 0 Å². The average Bonchev–Trinajstić information content (AvgIpc) is 2.60. The van der Waals surface area contributed by atoms with Gasteiger partial charge in [-0.2, -0.15) is 0 Å². The van der Waals surface area contributed by atoms with E-state index in [1.165, 1.54) is 14.0 Å². The third-order valence-corrected chi connectivity index (χ3v) is 5.71. The maximum absolute atomic E-state index is 12.6. The fourth-order valence-electron chi connectivity index (χ4n) is 2.53. The Hall–Kier alpha value is -1.96. The zero-order valence-corrected chi connectivity index (χ0v) is 17.4. The van der Waals surface area contributed by atoms with Crippen LogP contribution in [0.15, 0.2) is 42.5 Å². The maximum atomic E-state index is 12.6. The summed E-state index contributed by atoms with van der Waals surface area (Å²) < 4.78 is 30.7. The van der Waals surface area contributed by atoms with E-state index in [0.29, 0.717) is 27.0 Å². The monoisotopic (exact) mass is 430 g/mol. The molecule has 0 aliphatic carbocycles. The van der Waals surface area contributed by atoms with Gasteiger partial charge >= 0.3 is 0 Å². The molecule has 27 heavy (non-hydrogen) atoms. The molecule has 0 fully saturated rings. The molecule has 0 aromatic heterocycles. The molecule has 0 saturated heterocycles. The highest BCUT2D eigenvalue weighted by molar-refractivity contribution is 7.92. The molecule has 9 heteroatoms. The predicted molar refractivity (Wildman–Crippen MR) is 108 cm³/mol. The molecule has 0 saturated carbocycles. The average molecular weight is 431 g/mol. The Labute approximate surface area is 169 Å². The topological polar surface area (TPSA) is 75.7 Å². The van der Waals surface area contributed by atoms with Crippen LogP contribution in [-0.4, -0.2) is 33.7 Å². The lowest BCUT2D eigenvalue weighted by atomic mass is 10.2. The van der Waals surface area contributed by atoms with Crippen molar-refractivity contribution in [3.63, 3.8) is 0 Å². The first-order valence-corrected chi connectivity index (χ1v) is 10.6. The molecule has 0 aliphatic heterocycles. The number of anilines is 1. The Morgan fingerprint density at radius 2 is 1.81 bits per heavy atom. The van der Waals surface area contributed by atoms with Gasteiger partial charge in [0.25, 0.3) is 0 Å². The first-order valence-electron chi connectivity index (χ1n) is 7.98. The number of sulfonamides is 1. The number of rotatable bonds is 7. The summed E-state index contributed by atoms with van der Waals surface area (Å²) in [6.07, 6.45) is 1.05. The molecule has 0 aliphatic rings. The van der Waals surface area contributed by atoms with Crippen molar-refractivity contribution >= 4 is 44.8 Å². The molecule has 2 rings (SSSR count). The third-order valence-electron chi connectivity index (χ3n) is 3.88. The highest BCUT2D eigenvalue weighted by atomic mass is 35.5. The minimum atomic E-state index is -3.69. The van der Waals surface area contributed by atoms with Crippen molar-refractivity contribution in [1.82, 2.24) is 5.32 Å². The minimum Gasteiger partial charge on any atom is -0.497 e. The number of methoxy groups -OCH3 is 1. The summed E-state index contributed by atoms with van der Waals surface area (Å²) in [7, 11) is -2.18. The van der Waals surface area contributed by atoms with Gasteiger partial charge in [0.1, 0.15) is 11.8 Å². The predicted octanol–water partition coefficient (Wildman–Crippen LogP) is 3.47. The maximum Gasteiger partial charge on any atom is 0.243 e. The molecule has 1 N–H and O–H groups in total. The fraction of sp³-hybridized carbons (Fsp3) is 0.278. The van der Waals surface area contributed by atoms with Gasteiger partial charge in [0.15, 0.2) is 0 Å². The van der Waals surface area contributed by atoms with Gasteiger partial charge in [0.05, 0.1) is 19.1 Å². The van der Waals surface area contributed by atoms with Crippen LogP contribution in [0.2, 0.25) is 10.0 Å². The van der Waals surface area contributed by atoms with E-state index in [0.717, 1.165) is 10.6 Å². The lowest BCUT2D eigenvalue weighted by molar-refractivity contribution is -0.122. The molecule has 1 amide bonds. The molecule has 6 nitrogen and oxygen atoms in total. The van der Waals surface area contributed by atoms with Gasteiger partial charge in [-0.1, -0.05) is 29.3 Å². The number of hydrogen-bond donors (Lipinski definition) is 1. The van der Waals surface area contributed by atoms with Crippen LogP contribution in [0.4, 0.5) is 5.69 Å². The second-order valence-electron chi connectivity index (χ2n) is 5.89. The van der Waals surface area contributed by atoms with Gasteiger partial charge in [-0.05, 0) is 48.9 Å². The summed E-state index contributed by atoms with van der Waals surface area (Å²) in [5.41, 5.74) is 1.04.